The highest BCUT2D eigenvalue weighted by Gasteiger charge is 2.18. The Morgan fingerprint density at radius 2 is 2.17 bits per heavy atom. The molecule has 1 aromatic carbocycles. The van der Waals surface area contributed by atoms with Gasteiger partial charge in [0.15, 0.2) is 0 Å². The van der Waals surface area contributed by atoms with Gasteiger partial charge in [-0.25, -0.2) is 0 Å². The molecule has 6 heteroatoms. The van der Waals surface area contributed by atoms with E-state index >= 15 is 0 Å². The van der Waals surface area contributed by atoms with E-state index in [0.29, 0.717) is 6.42 Å². The van der Waals surface area contributed by atoms with Gasteiger partial charge in [-0.3, -0.25) is 4.79 Å². The Morgan fingerprint density at radius 1 is 1.44 bits per heavy atom. The van der Waals surface area contributed by atoms with E-state index in [4.69, 9.17) is 10.3 Å². The molecule has 2 rings (SSSR count). The van der Waals surface area contributed by atoms with Crippen molar-refractivity contribution in [3.05, 3.63) is 47.6 Å². The molecule has 0 radical (unpaired) electrons. The first-order valence-corrected chi connectivity index (χ1v) is 5.56. The number of rotatable bonds is 4. The van der Waals surface area contributed by atoms with Crippen molar-refractivity contribution in [2.24, 2.45) is 5.73 Å². The molecule has 0 aliphatic rings. The minimum absolute atomic E-state index is 0.00369. The molecule has 1 aromatic heterocycles. The Morgan fingerprint density at radius 3 is 2.83 bits per heavy atom. The summed E-state index contributed by atoms with van der Waals surface area (Å²) < 4.78 is 4.97. The Labute approximate surface area is 104 Å². The summed E-state index contributed by atoms with van der Waals surface area (Å²) >= 11 is 0. The SMILES string of the molecule is CNC(=O)c1noc([C@@H](N)Cc2ccccc2)n1. The van der Waals surface area contributed by atoms with Crippen molar-refractivity contribution in [1.29, 1.82) is 0 Å². The fourth-order valence-electron chi connectivity index (χ4n) is 1.55. The van der Waals surface area contributed by atoms with E-state index in [1.807, 2.05) is 30.3 Å². The van der Waals surface area contributed by atoms with E-state index in [2.05, 4.69) is 15.5 Å². The first-order chi connectivity index (χ1) is 8.70. The van der Waals surface area contributed by atoms with E-state index in [9.17, 15) is 4.79 Å². The fourth-order valence-corrected chi connectivity index (χ4v) is 1.55. The molecule has 1 heterocycles. The maximum atomic E-state index is 11.3. The van der Waals surface area contributed by atoms with Crippen LogP contribution in [0.5, 0.6) is 0 Å². The number of hydrogen-bond donors (Lipinski definition) is 2. The highest BCUT2D eigenvalue weighted by Crippen LogP contribution is 2.14. The maximum absolute atomic E-state index is 11.3. The van der Waals surface area contributed by atoms with Crippen LogP contribution in [-0.4, -0.2) is 23.1 Å². The second-order valence-corrected chi connectivity index (χ2v) is 3.83. The van der Waals surface area contributed by atoms with Crippen LogP contribution < -0.4 is 11.1 Å². The van der Waals surface area contributed by atoms with Gasteiger partial charge in [0.25, 0.3) is 11.7 Å². The normalized spacial score (nSPS) is 12.1. The van der Waals surface area contributed by atoms with Gasteiger partial charge in [-0.15, -0.1) is 0 Å². The Bertz CT molecular complexity index is 524. The second kappa shape index (κ2) is 5.42. The lowest BCUT2D eigenvalue weighted by Gasteiger charge is -2.05. The van der Waals surface area contributed by atoms with Crippen LogP contribution in [-0.2, 0) is 6.42 Å². The topological polar surface area (TPSA) is 94.0 Å². The van der Waals surface area contributed by atoms with Gasteiger partial charge in [0.1, 0.15) is 0 Å². The number of benzene rings is 1. The van der Waals surface area contributed by atoms with E-state index in [-0.39, 0.29) is 11.7 Å². The molecule has 0 saturated heterocycles. The van der Waals surface area contributed by atoms with Crippen molar-refractivity contribution in [3.8, 4) is 0 Å². The summed E-state index contributed by atoms with van der Waals surface area (Å²) in [5.74, 6) is -0.134. The van der Waals surface area contributed by atoms with Crippen LogP contribution in [0.2, 0.25) is 0 Å². The molecule has 1 amide bonds. The van der Waals surface area contributed by atoms with Crippen LogP contribution in [0.3, 0.4) is 0 Å². The molecule has 0 bridgehead atoms. The average Bonchev–Trinajstić information content (AvgIpc) is 2.88. The molecular formula is C12H14N4O2. The molecule has 94 valence electrons. The Kier molecular flexibility index (Phi) is 3.69. The molecule has 1 atom stereocenters. The van der Waals surface area contributed by atoms with Gasteiger partial charge >= 0.3 is 0 Å². The monoisotopic (exact) mass is 246 g/mol. The summed E-state index contributed by atoms with van der Waals surface area (Å²) in [5.41, 5.74) is 7.03. The molecule has 0 unspecified atom stereocenters. The third kappa shape index (κ3) is 2.72. The lowest BCUT2D eigenvalue weighted by atomic mass is 10.1. The van der Waals surface area contributed by atoms with E-state index in [0.717, 1.165) is 5.56 Å². The Balaban J connectivity index is 2.07. The van der Waals surface area contributed by atoms with Crippen LogP contribution in [0.15, 0.2) is 34.9 Å². The first-order valence-electron chi connectivity index (χ1n) is 5.56. The highest BCUT2D eigenvalue weighted by molar-refractivity contribution is 5.89. The summed E-state index contributed by atoms with van der Waals surface area (Å²) in [6.07, 6.45) is 0.580. The summed E-state index contributed by atoms with van der Waals surface area (Å²) in [6.45, 7) is 0. The second-order valence-electron chi connectivity index (χ2n) is 3.83. The fraction of sp³-hybridized carbons (Fsp3) is 0.250. The van der Waals surface area contributed by atoms with Crippen LogP contribution >= 0.6 is 0 Å². The van der Waals surface area contributed by atoms with Gasteiger partial charge in [-0.05, 0) is 12.0 Å². The zero-order valence-electron chi connectivity index (χ0n) is 9.96. The van der Waals surface area contributed by atoms with Crippen molar-refractivity contribution in [2.45, 2.75) is 12.5 Å². The molecule has 18 heavy (non-hydrogen) atoms. The van der Waals surface area contributed by atoms with Gasteiger partial charge in [0.2, 0.25) is 5.89 Å². The number of carbonyl (C=O) groups excluding carboxylic acids is 1. The lowest BCUT2D eigenvalue weighted by Crippen LogP contribution is -2.20. The molecule has 0 spiro atoms. The largest absolute Gasteiger partial charge is 0.352 e. The predicted octanol–water partition coefficient (Wildman–Crippen LogP) is 0.672. The number of amides is 1. The third-order valence-electron chi connectivity index (χ3n) is 2.49. The molecule has 0 aliphatic carbocycles. The summed E-state index contributed by atoms with van der Waals surface area (Å²) in [6, 6.07) is 9.33. The van der Waals surface area contributed by atoms with Crippen LogP contribution in [0, 0.1) is 0 Å². The highest BCUT2D eigenvalue weighted by atomic mass is 16.5. The number of nitrogens with one attached hydrogen (secondary N) is 1. The molecule has 0 fully saturated rings. The third-order valence-corrected chi connectivity index (χ3v) is 2.49. The number of nitrogens with zero attached hydrogens (tertiary/aromatic N) is 2. The molecule has 2 aromatic rings. The van der Waals surface area contributed by atoms with Gasteiger partial charge in [-0.2, -0.15) is 4.98 Å². The molecule has 0 aliphatic heterocycles. The van der Waals surface area contributed by atoms with Gasteiger partial charge in [0, 0.05) is 7.05 Å². The van der Waals surface area contributed by atoms with E-state index in [1.165, 1.54) is 7.05 Å². The molecule has 6 nitrogen and oxygen atoms in total. The minimum atomic E-state index is -0.418. The number of carbonyl (C=O) groups is 1. The molecule has 3 N–H and O–H groups in total. The van der Waals surface area contributed by atoms with Crippen LogP contribution in [0.1, 0.15) is 28.1 Å². The van der Waals surface area contributed by atoms with Crippen molar-refractivity contribution in [2.75, 3.05) is 7.05 Å². The predicted molar refractivity (Wildman–Crippen MR) is 64.8 cm³/mol. The summed E-state index contributed by atoms with van der Waals surface area (Å²) in [4.78, 5) is 15.2. The maximum Gasteiger partial charge on any atom is 0.292 e. The van der Waals surface area contributed by atoms with Crippen molar-refractivity contribution in [1.82, 2.24) is 15.5 Å². The van der Waals surface area contributed by atoms with Gasteiger partial charge in [-0.1, -0.05) is 35.5 Å². The van der Waals surface area contributed by atoms with Crippen LogP contribution in [0.25, 0.3) is 0 Å². The minimum Gasteiger partial charge on any atom is -0.352 e. The summed E-state index contributed by atoms with van der Waals surface area (Å²) in [5, 5.41) is 5.99. The number of nitrogens with two attached hydrogens (primary N) is 1. The van der Waals surface area contributed by atoms with Crippen molar-refractivity contribution >= 4 is 5.91 Å². The van der Waals surface area contributed by atoms with E-state index < -0.39 is 11.9 Å². The average molecular weight is 246 g/mol. The van der Waals surface area contributed by atoms with Crippen molar-refractivity contribution < 1.29 is 9.32 Å². The Hall–Kier alpha value is -2.21. The van der Waals surface area contributed by atoms with E-state index in [1.54, 1.807) is 0 Å². The van der Waals surface area contributed by atoms with Crippen LogP contribution in [0.4, 0.5) is 0 Å². The standard InChI is InChI=1S/C12H14N4O2/c1-14-11(17)10-15-12(18-16-10)9(13)7-8-5-3-2-4-6-8/h2-6,9H,7,13H2,1H3,(H,14,17)/t9-/m0/s1. The zero-order valence-corrected chi connectivity index (χ0v) is 9.96. The smallest absolute Gasteiger partial charge is 0.292 e. The van der Waals surface area contributed by atoms with Gasteiger partial charge in [0.05, 0.1) is 6.04 Å². The summed E-state index contributed by atoms with van der Waals surface area (Å²) in [7, 11) is 1.50. The lowest BCUT2D eigenvalue weighted by molar-refractivity contribution is 0.0950. The zero-order chi connectivity index (χ0) is 13.0. The molecule has 0 saturated carbocycles. The molecular weight excluding hydrogens is 232 g/mol. The quantitative estimate of drug-likeness (QED) is 0.827. The number of hydrogen-bond acceptors (Lipinski definition) is 5. The van der Waals surface area contributed by atoms with Crippen molar-refractivity contribution in [3.63, 3.8) is 0 Å². The van der Waals surface area contributed by atoms with Gasteiger partial charge < -0.3 is 15.6 Å². The number of aromatic nitrogens is 2. The first kappa shape index (κ1) is 12.3.